The van der Waals surface area contributed by atoms with Crippen LogP contribution in [0, 0.1) is 5.41 Å². The standard InChI is InChI=1S/C10H20N2/c1-9(2)5-6-12(8-9)10(7-11)3-4-10/h3-8,11H2,1-2H3. The second-order valence-electron chi connectivity index (χ2n) is 5.26. The fraction of sp³-hybridized carbons (Fsp3) is 1.00. The van der Waals surface area contributed by atoms with Gasteiger partial charge in [0.1, 0.15) is 0 Å². The topological polar surface area (TPSA) is 29.3 Å². The molecule has 2 rings (SSSR count). The summed E-state index contributed by atoms with van der Waals surface area (Å²) in [4.78, 5) is 2.62. The van der Waals surface area contributed by atoms with Crippen molar-refractivity contribution in [3.63, 3.8) is 0 Å². The maximum atomic E-state index is 5.80. The van der Waals surface area contributed by atoms with Crippen molar-refractivity contribution in [1.82, 2.24) is 4.90 Å². The third kappa shape index (κ3) is 1.27. The van der Waals surface area contributed by atoms with Crippen molar-refractivity contribution in [2.75, 3.05) is 19.6 Å². The molecule has 1 saturated carbocycles. The summed E-state index contributed by atoms with van der Waals surface area (Å²) in [6, 6.07) is 0. The molecule has 0 spiro atoms. The summed E-state index contributed by atoms with van der Waals surface area (Å²) in [5.74, 6) is 0. The van der Waals surface area contributed by atoms with E-state index in [0.29, 0.717) is 11.0 Å². The molecule has 2 N–H and O–H groups in total. The average Bonchev–Trinajstić information content (AvgIpc) is 2.72. The van der Waals surface area contributed by atoms with E-state index in [1.165, 1.54) is 32.4 Å². The first-order chi connectivity index (χ1) is 5.58. The summed E-state index contributed by atoms with van der Waals surface area (Å²) in [6.07, 6.45) is 4.01. The van der Waals surface area contributed by atoms with Crippen molar-refractivity contribution < 1.29 is 0 Å². The van der Waals surface area contributed by atoms with Crippen molar-refractivity contribution >= 4 is 0 Å². The SMILES string of the molecule is CC1(C)CCN(C2(CN)CC2)C1. The number of nitrogens with two attached hydrogens (primary N) is 1. The summed E-state index contributed by atoms with van der Waals surface area (Å²) < 4.78 is 0. The van der Waals surface area contributed by atoms with Crippen LogP contribution in [0.4, 0.5) is 0 Å². The molecule has 0 aromatic heterocycles. The van der Waals surface area contributed by atoms with E-state index in [1.54, 1.807) is 0 Å². The Labute approximate surface area is 75.1 Å². The van der Waals surface area contributed by atoms with Crippen molar-refractivity contribution in [3.8, 4) is 0 Å². The molecule has 1 aliphatic carbocycles. The van der Waals surface area contributed by atoms with Gasteiger partial charge in [0.2, 0.25) is 0 Å². The molecule has 2 fully saturated rings. The van der Waals surface area contributed by atoms with E-state index < -0.39 is 0 Å². The minimum absolute atomic E-state index is 0.438. The predicted molar refractivity (Wildman–Crippen MR) is 51.0 cm³/mol. The first-order valence-corrected chi connectivity index (χ1v) is 5.03. The minimum Gasteiger partial charge on any atom is -0.329 e. The summed E-state index contributed by atoms with van der Waals surface area (Å²) in [5.41, 5.74) is 6.77. The van der Waals surface area contributed by atoms with Crippen LogP contribution in [-0.4, -0.2) is 30.1 Å². The highest BCUT2D eigenvalue weighted by atomic mass is 15.3. The van der Waals surface area contributed by atoms with Crippen LogP contribution in [0.1, 0.15) is 33.1 Å². The molecule has 1 heterocycles. The van der Waals surface area contributed by atoms with Crippen LogP contribution in [-0.2, 0) is 0 Å². The normalized spacial score (nSPS) is 32.2. The van der Waals surface area contributed by atoms with E-state index >= 15 is 0 Å². The highest BCUT2D eigenvalue weighted by Crippen LogP contribution is 2.45. The molecule has 2 aliphatic rings. The lowest BCUT2D eigenvalue weighted by Crippen LogP contribution is -2.42. The van der Waals surface area contributed by atoms with Gasteiger partial charge in [-0.15, -0.1) is 0 Å². The van der Waals surface area contributed by atoms with E-state index in [9.17, 15) is 0 Å². The van der Waals surface area contributed by atoms with E-state index in [0.717, 1.165) is 6.54 Å². The lowest BCUT2D eigenvalue weighted by molar-refractivity contribution is 0.203. The Morgan fingerprint density at radius 2 is 1.92 bits per heavy atom. The van der Waals surface area contributed by atoms with Crippen LogP contribution in [0.25, 0.3) is 0 Å². The fourth-order valence-corrected chi connectivity index (χ4v) is 2.31. The molecule has 2 heteroatoms. The smallest absolute Gasteiger partial charge is 0.0333 e. The van der Waals surface area contributed by atoms with Crippen LogP contribution in [0.3, 0.4) is 0 Å². The maximum Gasteiger partial charge on any atom is 0.0333 e. The zero-order valence-corrected chi connectivity index (χ0v) is 8.27. The molecule has 1 aliphatic heterocycles. The van der Waals surface area contributed by atoms with Crippen molar-refractivity contribution in [1.29, 1.82) is 0 Å². The number of hydrogen-bond donors (Lipinski definition) is 1. The summed E-state index contributed by atoms with van der Waals surface area (Å²) in [5, 5.41) is 0. The van der Waals surface area contributed by atoms with Gasteiger partial charge in [0, 0.05) is 18.6 Å². The summed E-state index contributed by atoms with van der Waals surface area (Å²) >= 11 is 0. The second kappa shape index (κ2) is 2.46. The maximum absolute atomic E-state index is 5.80. The van der Waals surface area contributed by atoms with Gasteiger partial charge in [-0.05, 0) is 31.2 Å². The van der Waals surface area contributed by atoms with E-state index in [4.69, 9.17) is 5.73 Å². The number of nitrogens with zero attached hydrogens (tertiary/aromatic N) is 1. The minimum atomic E-state index is 0.438. The molecular formula is C10H20N2. The molecule has 0 unspecified atom stereocenters. The number of hydrogen-bond acceptors (Lipinski definition) is 2. The highest BCUT2D eigenvalue weighted by molar-refractivity contribution is 5.07. The molecule has 0 aromatic carbocycles. The molecule has 12 heavy (non-hydrogen) atoms. The third-order valence-corrected chi connectivity index (χ3v) is 3.56. The first kappa shape index (κ1) is 8.52. The van der Waals surface area contributed by atoms with Gasteiger partial charge < -0.3 is 5.73 Å². The average molecular weight is 168 g/mol. The van der Waals surface area contributed by atoms with Gasteiger partial charge in [0.05, 0.1) is 0 Å². The molecule has 0 amide bonds. The van der Waals surface area contributed by atoms with Gasteiger partial charge >= 0.3 is 0 Å². The van der Waals surface area contributed by atoms with Crippen molar-refractivity contribution in [3.05, 3.63) is 0 Å². The Bertz CT molecular complexity index is 182. The predicted octanol–water partition coefficient (Wildman–Crippen LogP) is 1.21. The van der Waals surface area contributed by atoms with Gasteiger partial charge in [0.25, 0.3) is 0 Å². The number of rotatable bonds is 2. The van der Waals surface area contributed by atoms with Gasteiger partial charge in [-0.2, -0.15) is 0 Å². The monoisotopic (exact) mass is 168 g/mol. The zero-order chi connectivity index (χ0) is 8.82. The Kier molecular flexibility index (Phi) is 1.74. The van der Waals surface area contributed by atoms with E-state index in [2.05, 4.69) is 18.7 Å². The quantitative estimate of drug-likeness (QED) is 0.671. The first-order valence-electron chi connectivity index (χ1n) is 5.03. The van der Waals surface area contributed by atoms with Gasteiger partial charge in [-0.3, -0.25) is 4.90 Å². The van der Waals surface area contributed by atoms with Crippen LogP contribution in [0.5, 0.6) is 0 Å². The second-order valence-corrected chi connectivity index (χ2v) is 5.26. The van der Waals surface area contributed by atoms with E-state index in [1.807, 2.05) is 0 Å². The number of likely N-dealkylation sites (tertiary alicyclic amines) is 1. The Morgan fingerprint density at radius 1 is 1.25 bits per heavy atom. The lowest BCUT2D eigenvalue weighted by atomic mass is 9.93. The molecule has 0 radical (unpaired) electrons. The molecule has 2 nitrogen and oxygen atoms in total. The molecule has 0 bridgehead atoms. The Morgan fingerprint density at radius 3 is 2.25 bits per heavy atom. The molecule has 0 atom stereocenters. The molecule has 0 aromatic rings. The van der Waals surface area contributed by atoms with Crippen LogP contribution >= 0.6 is 0 Å². The molecule has 70 valence electrons. The van der Waals surface area contributed by atoms with Gasteiger partial charge in [-0.25, -0.2) is 0 Å². The van der Waals surface area contributed by atoms with Crippen LogP contribution in [0.2, 0.25) is 0 Å². The zero-order valence-electron chi connectivity index (χ0n) is 8.27. The lowest BCUT2D eigenvalue weighted by Gasteiger charge is -2.27. The molecule has 1 saturated heterocycles. The largest absolute Gasteiger partial charge is 0.329 e. The Balaban J connectivity index is 2.00. The van der Waals surface area contributed by atoms with E-state index in [-0.39, 0.29) is 0 Å². The van der Waals surface area contributed by atoms with Gasteiger partial charge in [-0.1, -0.05) is 13.8 Å². The van der Waals surface area contributed by atoms with Crippen LogP contribution in [0.15, 0.2) is 0 Å². The van der Waals surface area contributed by atoms with Gasteiger partial charge in [0.15, 0.2) is 0 Å². The van der Waals surface area contributed by atoms with Crippen LogP contribution < -0.4 is 5.73 Å². The highest BCUT2D eigenvalue weighted by Gasteiger charge is 2.50. The third-order valence-electron chi connectivity index (χ3n) is 3.56. The van der Waals surface area contributed by atoms with Crippen molar-refractivity contribution in [2.45, 2.75) is 38.6 Å². The molecular weight excluding hydrogens is 148 g/mol. The summed E-state index contributed by atoms with van der Waals surface area (Å²) in [7, 11) is 0. The fourth-order valence-electron chi connectivity index (χ4n) is 2.31. The Hall–Kier alpha value is -0.0800. The van der Waals surface area contributed by atoms with Crippen molar-refractivity contribution in [2.24, 2.45) is 11.1 Å². The summed E-state index contributed by atoms with van der Waals surface area (Å²) in [6.45, 7) is 8.11.